The van der Waals surface area contributed by atoms with Gasteiger partial charge in [-0.1, -0.05) is 28.9 Å². The van der Waals surface area contributed by atoms with Crippen LogP contribution >= 0.6 is 11.6 Å². The van der Waals surface area contributed by atoms with Crippen molar-refractivity contribution in [2.45, 2.75) is 32.6 Å². The number of halogens is 1. The first-order valence-electron chi connectivity index (χ1n) is 7.48. The summed E-state index contributed by atoms with van der Waals surface area (Å²) in [5, 5.41) is 8.25. The summed E-state index contributed by atoms with van der Waals surface area (Å²) < 4.78 is 5.38. The van der Waals surface area contributed by atoms with Crippen LogP contribution in [0.1, 0.15) is 35.7 Å². The zero-order valence-electron chi connectivity index (χ0n) is 12.2. The van der Waals surface area contributed by atoms with Gasteiger partial charge in [0.15, 0.2) is 5.82 Å². The van der Waals surface area contributed by atoms with E-state index in [2.05, 4.69) is 15.5 Å². The molecule has 1 aromatic heterocycles. The molecule has 0 spiro atoms. The molecule has 0 atom stereocenters. The second-order valence-corrected chi connectivity index (χ2v) is 6.12. The molecule has 1 N–H and O–H groups in total. The molecular formula is C16H20ClN3O. The highest BCUT2D eigenvalue weighted by Crippen LogP contribution is 2.23. The molecule has 0 amide bonds. The van der Waals surface area contributed by atoms with Gasteiger partial charge >= 0.3 is 0 Å². The normalized spacial score (nSPS) is 16.3. The van der Waals surface area contributed by atoms with E-state index in [9.17, 15) is 0 Å². The van der Waals surface area contributed by atoms with Crippen molar-refractivity contribution < 1.29 is 4.52 Å². The third-order valence-corrected chi connectivity index (χ3v) is 4.48. The van der Waals surface area contributed by atoms with E-state index in [-0.39, 0.29) is 0 Å². The molecular weight excluding hydrogens is 286 g/mol. The lowest BCUT2D eigenvalue weighted by molar-refractivity contribution is 0.349. The SMILES string of the molecule is Cc1cccc(Cl)c1Cc1nc(CC2CCNCC2)no1. The van der Waals surface area contributed by atoms with Crippen LogP contribution in [0.2, 0.25) is 5.02 Å². The van der Waals surface area contributed by atoms with Gasteiger partial charge < -0.3 is 9.84 Å². The fourth-order valence-corrected chi connectivity index (χ4v) is 3.12. The van der Waals surface area contributed by atoms with Crippen LogP contribution in [0.25, 0.3) is 0 Å². The molecule has 1 aliphatic rings. The van der Waals surface area contributed by atoms with E-state index >= 15 is 0 Å². The number of aromatic nitrogens is 2. The molecule has 0 radical (unpaired) electrons. The summed E-state index contributed by atoms with van der Waals surface area (Å²) in [6, 6.07) is 5.90. The zero-order valence-corrected chi connectivity index (χ0v) is 13.0. The van der Waals surface area contributed by atoms with Gasteiger partial charge in [0.1, 0.15) is 0 Å². The van der Waals surface area contributed by atoms with Crippen LogP contribution in [-0.4, -0.2) is 23.2 Å². The maximum absolute atomic E-state index is 6.25. The predicted molar refractivity (Wildman–Crippen MR) is 82.6 cm³/mol. The monoisotopic (exact) mass is 305 g/mol. The third-order valence-electron chi connectivity index (χ3n) is 4.12. The van der Waals surface area contributed by atoms with Crippen molar-refractivity contribution >= 4 is 11.6 Å². The fourth-order valence-electron chi connectivity index (χ4n) is 2.83. The Labute approximate surface area is 129 Å². The number of hydrogen-bond donors (Lipinski definition) is 1. The summed E-state index contributed by atoms with van der Waals surface area (Å²) in [6.07, 6.45) is 3.89. The van der Waals surface area contributed by atoms with Gasteiger partial charge in [0, 0.05) is 11.4 Å². The molecule has 4 nitrogen and oxygen atoms in total. The van der Waals surface area contributed by atoms with Crippen molar-refractivity contribution in [3.05, 3.63) is 46.1 Å². The van der Waals surface area contributed by atoms with Crippen LogP contribution in [0.15, 0.2) is 22.7 Å². The smallest absolute Gasteiger partial charge is 0.231 e. The van der Waals surface area contributed by atoms with E-state index in [0.29, 0.717) is 18.2 Å². The molecule has 3 rings (SSSR count). The maximum Gasteiger partial charge on any atom is 0.231 e. The molecule has 0 unspecified atom stereocenters. The summed E-state index contributed by atoms with van der Waals surface area (Å²) >= 11 is 6.25. The van der Waals surface area contributed by atoms with Crippen LogP contribution in [0.4, 0.5) is 0 Å². The van der Waals surface area contributed by atoms with E-state index in [1.807, 2.05) is 25.1 Å². The van der Waals surface area contributed by atoms with E-state index < -0.39 is 0 Å². The van der Waals surface area contributed by atoms with Gasteiger partial charge in [0.2, 0.25) is 5.89 Å². The van der Waals surface area contributed by atoms with Gasteiger partial charge in [-0.25, -0.2) is 0 Å². The predicted octanol–water partition coefficient (Wildman–Crippen LogP) is 3.16. The van der Waals surface area contributed by atoms with E-state index in [1.54, 1.807) is 0 Å². The minimum atomic E-state index is 0.602. The summed E-state index contributed by atoms with van der Waals surface area (Å²) in [4.78, 5) is 4.53. The zero-order chi connectivity index (χ0) is 14.7. The molecule has 5 heteroatoms. The average molecular weight is 306 g/mol. The van der Waals surface area contributed by atoms with Crippen LogP contribution in [0.3, 0.4) is 0 Å². The highest BCUT2D eigenvalue weighted by atomic mass is 35.5. The topological polar surface area (TPSA) is 51.0 Å². The van der Waals surface area contributed by atoms with Crippen LogP contribution in [0, 0.1) is 12.8 Å². The Hall–Kier alpha value is -1.39. The fraction of sp³-hybridized carbons (Fsp3) is 0.500. The summed E-state index contributed by atoms with van der Waals surface area (Å²) in [5.74, 6) is 2.13. The Bertz CT molecular complexity index is 585. The number of hydrogen-bond acceptors (Lipinski definition) is 4. The minimum Gasteiger partial charge on any atom is -0.339 e. The lowest BCUT2D eigenvalue weighted by Crippen LogP contribution is -2.28. The molecule has 112 valence electrons. The molecule has 1 fully saturated rings. The van der Waals surface area contributed by atoms with Gasteiger partial charge in [0.25, 0.3) is 0 Å². The second-order valence-electron chi connectivity index (χ2n) is 5.71. The Morgan fingerprint density at radius 3 is 2.90 bits per heavy atom. The van der Waals surface area contributed by atoms with E-state index in [1.165, 1.54) is 12.8 Å². The van der Waals surface area contributed by atoms with Crippen LogP contribution < -0.4 is 5.32 Å². The van der Waals surface area contributed by atoms with Crippen molar-refractivity contribution in [2.75, 3.05) is 13.1 Å². The number of piperidine rings is 1. The summed E-state index contributed by atoms with van der Waals surface area (Å²) in [7, 11) is 0. The first-order chi connectivity index (χ1) is 10.2. The van der Waals surface area contributed by atoms with Crippen LogP contribution in [0.5, 0.6) is 0 Å². The summed E-state index contributed by atoms with van der Waals surface area (Å²) in [5.41, 5.74) is 2.22. The van der Waals surface area contributed by atoms with Crippen molar-refractivity contribution in [3.8, 4) is 0 Å². The van der Waals surface area contributed by atoms with Crippen molar-refractivity contribution in [2.24, 2.45) is 5.92 Å². The molecule has 21 heavy (non-hydrogen) atoms. The van der Waals surface area contributed by atoms with Crippen molar-refractivity contribution in [1.82, 2.24) is 15.5 Å². The average Bonchev–Trinajstić information content (AvgIpc) is 2.91. The van der Waals surface area contributed by atoms with Crippen molar-refractivity contribution in [1.29, 1.82) is 0 Å². The standard InChI is InChI=1S/C16H20ClN3O/c1-11-3-2-4-14(17)13(11)10-16-19-15(20-21-16)9-12-5-7-18-8-6-12/h2-4,12,18H,5-10H2,1H3. The van der Waals surface area contributed by atoms with Gasteiger partial charge in [0.05, 0.1) is 6.42 Å². The second kappa shape index (κ2) is 6.58. The minimum absolute atomic E-state index is 0.602. The molecule has 1 aliphatic heterocycles. The van der Waals surface area contributed by atoms with Gasteiger partial charge in [-0.05, 0) is 56.0 Å². The largest absolute Gasteiger partial charge is 0.339 e. The summed E-state index contributed by atoms with van der Waals surface area (Å²) in [6.45, 7) is 4.23. The van der Waals surface area contributed by atoms with Gasteiger partial charge in [-0.3, -0.25) is 0 Å². The highest BCUT2D eigenvalue weighted by molar-refractivity contribution is 6.31. The maximum atomic E-state index is 6.25. The molecule has 0 saturated carbocycles. The van der Waals surface area contributed by atoms with E-state index in [0.717, 1.165) is 41.5 Å². The van der Waals surface area contributed by atoms with Gasteiger partial charge in [-0.2, -0.15) is 4.98 Å². The molecule has 2 heterocycles. The van der Waals surface area contributed by atoms with Crippen LogP contribution in [-0.2, 0) is 12.8 Å². The first kappa shape index (κ1) is 14.5. The highest BCUT2D eigenvalue weighted by Gasteiger charge is 2.17. The quantitative estimate of drug-likeness (QED) is 0.942. The Kier molecular flexibility index (Phi) is 4.56. The first-order valence-corrected chi connectivity index (χ1v) is 7.86. The Morgan fingerprint density at radius 2 is 2.14 bits per heavy atom. The third kappa shape index (κ3) is 3.63. The number of rotatable bonds is 4. The van der Waals surface area contributed by atoms with Gasteiger partial charge in [-0.15, -0.1) is 0 Å². The molecule has 0 bridgehead atoms. The molecule has 1 aromatic carbocycles. The lowest BCUT2D eigenvalue weighted by atomic mass is 9.94. The van der Waals surface area contributed by atoms with E-state index in [4.69, 9.17) is 16.1 Å². The Morgan fingerprint density at radius 1 is 1.33 bits per heavy atom. The lowest BCUT2D eigenvalue weighted by Gasteiger charge is -2.20. The number of nitrogens with zero attached hydrogens (tertiary/aromatic N) is 2. The Balaban J connectivity index is 1.67. The number of aryl methyl sites for hydroxylation is 1. The molecule has 1 saturated heterocycles. The molecule has 2 aromatic rings. The van der Waals surface area contributed by atoms with Crippen molar-refractivity contribution in [3.63, 3.8) is 0 Å². The molecule has 0 aliphatic carbocycles. The number of benzene rings is 1. The number of nitrogens with one attached hydrogen (secondary N) is 1.